The first-order valence-corrected chi connectivity index (χ1v) is 10.8. The fraction of sp³-hybridized carbons (Fsp3) is 0.440. The van der Waals surface area contributed by atoms with Gasteiger partial charge in [0.25, 0.3) is 0 Å². The van der Waals surface area contributed by atoms with Crippen LogP contribution in [0.3, 0.4) is 0 Å². The Bertz CT molecular complexity index is 886. The van der Waals surface area contributed by atoms with Crippen LogP contribution in [0.2, 0.25) is 0 Å². The topological polar surface area (TPSA) is 49.4 Å². The first-order valence-electron chi connectivity index (χ1n) is 10.8. The summed E-state index contributed by atoms with van der Waals surface area (Å²) in [5, 5.41) is 3.01. The van der Waals surface area contributed by atoms with Crippen LogP contribution >= 0.6 is 0 Å². The van der Waals surface area contributed by atoms with Gasteiger partial charge in [-0.05, 0) is 48.4 Å². The fourth-order valence-corrected chi connectivity index (χ4v) is 4.73. The van der Waals surface area contributed by atoms with Crippen LogP contribution in [0.1, 0.15) is 36.8 Å². The standard InChI is InChI=1S/C25H30N2O2/c1-18-7-2-5-12-23(18)21-11-6-8-19(15-21)16-22-17-27(14-13-26-24(22)28)25(29)20-9-3-4-10-20/h2,5-8,11-12,15,20,22H,3-4,9-10,13-14,16-17H2,1H3,(H,26,28). The molecule has 1 atom stereocenters. The maximum atomic E-state index is 12.9. The third kappa shape index (κ3) is 4.52. The van der Waals surface area contributed by atoms with E-state index in [1.54, 1.807) is 0 Å². The van der Waals surface area contributed by atoms with Crippen LogP contribution in [0.4, 0.5) is 0 Å². The predicted molar refractivity (Wildman–Crippen MR) is 115 cm³/mol. The lowest BCUT2D eigenvalue weighted by molar-refractivity contribution is -0.136. The number of aryl methyl sites for hydroxylation is 1. The van der Waals surface area contributed by atoms with Gasteiger partial charge in [0.15, 0.2) is 0 Å². The molecule has 2 amide bonds. The van der Waals surface area contributed by atoms with Crippen LogP contribution in [-0.2, 0) is 16.0 Å². The van der Waals surface area contributed by atoms with E-state index in [0.717, 1.165) is 31.2 Å². The quantitative estimate of drug-likeness (QED) is 0.859. The van der Waals surface area contributed by atoms with Gasteiger partial charge in [0.05, 0.1) is 5.92 Å². The minimum atomic E-state index is -0.199. The third-order valence-corrected chi connectivity index (χ3v) is 6.37. The third-order valence-electron chi connectivity index (χ3n) is 6.37. The van der Waals surface area contributed by atoms with Crippen molar-refractivity contribution in [1.29, 1.82) is 0 Å². The molecule has 1 aliphatic heterocycles. The molecule has 1 N–H and O–H groups in total. The highest BCUT2D eigenvalue weighted by atomic mass is 16.2. The molecule has 0 aromatic heterocycles. The van der Waals surface area contributed by atoms with Crippen LogP contribution in [0, 0.1) is 18.8 Å². The number of rotatable bonds is 4. The summed E-state index contributed by atoms with van der Waals surface area (Å²) in [7, 11) is 0. The summed E-state index contributed by atoms with van der Waals surface area (Å²) in [5.74, 6) is 0.272. The largest absolute Gasteiger partial charge is 0.354 e. The number of carbonyl (C=O) groups is 2. The highest BCUT2D eigenvalue weighted by molar-refractivity contribution is 5.83. The van der Waals surface area contributed by atoms with Crippen LogP contribution in [-0.4, -0.2) is 36.3 Å². The van der Waals surface area contributed by atoms with Crippen LogP contribution in [0.25, 0.3) is 11.1 Å². The molecule has 29 heavy (non-hydrogen) atoms. The molecule has 1 heterocycles. The molecule has 1 aliphatic carbocycles. The molecule has 0 bridgehead atoms. The first-order chi connectivity index (χ1) is 14.1. The Labute approximate surface area is 173 Å². The van der Waals surface area contributed by atoms with Gasteiger partial charge >= 0.3 is 0 Å². The summed E-state index contributed by atoms with van der Waals surface area (Å²) >= 11 is 0. The molecule has 4 rings (SSSR count). The maximum Gasteiger partial charge on any atom is 0.225 e. The van der Waals surface area contributed by atoms with E-state index < -0.39 is 0 Å². The van der Waals surface area contributed by atoms with Crippen molar-refractivity contribution in [2.75, 3.05) is 19.6 Å². The average Bonchev–Trinajstić information content (AvgIpc) is 3.21. The first kappa shape index (κ1) is 19.7. The van der Waals surface area contributed by atoms with E-state index in [2.05, 4.69) is 60.8 Å². The zero-order valence-electron chi connectivity index (χ0n) is 17.2. The van der Waals surface area contributed by atoms with Crippen molar-refractivity contribution in [3.05, 3.63) is 59.7 Å². The maximum absolute atomic E-state index is 12.9. The summed E-state index contributed by atoms with van der Waals surface area (Å²) in [5.41, 5.74) is 4.78. The number of amides is 2. The molecule has 1 saturated heterocycles. The molecule has 2 aromatic rings. The normalized spacial score (nSPS) is 20.4. The Balaban J connectivity index is 1.51. The molecule has 4 nitrogen and oxygen atoms in total. The molecule has 2 aliphatic rings. The van der Waals surface area contributed by atoms with Gasteiger partial charge in [0.1, 0.15) is 0 Å². The molecular formula is C25H30N2O2. The van der Waals surface area contributed by atoms with E-state index in [1.165, 1.54) is 16.7 Å². The van der Waals surface area contributed by atoms with Gasteiger partial charge in [-0.2, -0.15) is 0 Å². The highest BCUT2D eigenvalue weighted by Gasteiger charge is 2.32. The van der Waals surface area contributed by atoms with Gasteiger partial charge in [-0.15, -0.1) is 0 Å². The van der Waals surface area contributed by atoms with E-state index in [9.17, 15) is 9.59 Å². The van der Waals surface area contributed by atoms with Gasteiger partial charge in [-0.1, -0.05) is 61.4 Å². The van der Waals surface area contributed by atoms with Crippen LogP contribution in [0.15, 0.2) is 48.5 Å². The Morgan fingerprint density at radius 2 is 1.90 bits per heavy atom. The van der Waals surface area contributed by atoms with Gasteiger partial charge in [0, 0.05) is 25.6 Å². The number of benzene rings is 2. The van der Waals surface area contributed by atoms with Crippen molar-refractivity contribution < 1.29 is 9.59 Å². The molecule has 2 fully saturated rings. The zero-order chi connectivity index (χ0) is 20.2. The van der Waals surface area contributed by atoms with Crippen molar-refractivity contribution >= 4 is 11.8 Å². The van der Waals surface area contributed by atoms with E-state index in [-0.39, 0.29) is 23.7 Å². The Kier molecular flexibility index (Phi) is 5.98. The van der Waals surface area contributed by atoms with Crippen molar-refractivity contribution in [3.8, 4) is 11.1 Å². The van der Waals surface area contributed by atoms with E-state index >= 15 is 0 Å². The lowest BCUT2D eigenvalue weighted by atomic mass is 9.93. The van der Waals surface area contributed by atoms with E-state index in [4.69, 9.17) is 0 Å². The average molecular weight is 391 g/mol. The van der Waals surface area contributed by atoms with Gasteiger partial charge < -0.3 is 10.2 Å². The SMILES string of the molecule is Cc1ccccc1-c1cccc(CC2CN(C(=O)C3CCCC3)CCNC2=O)c1. The summed E-state index contributed by atoms with van der Waals surface area (Å²) < 4.78 is 0. The molecule has 0 radical (unpaired) electrons. The summed E-state index contributed by atoms with van der Waals surface area (Å²) in [4.78, 5) is 27.5. The Morgan fingerprint density at radius 1 is 1.10 bits per heavy atom. The molecule has 2 aromatic carbocycles. The Hall–Kier alpha value is -2.62. The molecule has 152 valence electrons. The molecule has 1 unspecified atom stereocenters. The van der Waals surface area contributed by atoms with Gasteiger partial charge in [-0.25, -0.2) is 0 Å². The number of carbonyl (C=O) groups excluding carboxylic acids is 2. The Morgan fingerprint density at radius 3 is 2.69 bits per heavy atom. The van der Waals surface area contributed by atoms with E-state index in [1.807, 2.05) is 4.90 Å². The van der Waals surface area contributed by atoms with Gasteiger partial charge in [-0.3, -0.25) is 9.59 Å². The number of hydrogen-bond donors (Lipinski definition) is 1. The van der Waals surface area contributed by atoms with Crippen LogP contribution < -0.4 is 5.32 Å². The second-order valence-corrected chi connectivity index (χ2v) is 8.47. The number of hydrogen-bond acceptors (Lipinski definition) is 2. The number of nitrogens with one attached hydrogen (secondary N) is 1. The van der Waals surface area contributed by atoms with Crippen molar-refractivity contribution in [3.63, 3.8) is 0 Å². The molecule has 1 saturated carbocycles. The minimum absolute atomic E-state index is 0.0630. The smallest absolute Gasteiger partial charge is 0.225 e. The lowest BCUT2D eigenvalue weighted by Gasteiger charge is -2.26. The lowest BCUT2D eigenvalue weighted by Crippen LogP contribution is -2.40. The fourth-order valence-electron chi connectivity index (χ4n) is 4.73. The highest BCUT2D eigenvalue weighted by Crippen LogP contribution is 2.28. The summed E-state index contributed by atoms with van der Waals surface area (Å²) in [6, 6.07) is 16.8. The molecule has 0 spiro atoms. The molecular weight excluding hydrogens is 360 g/mol. The van der Waals surface area contributed by atoms with Crippen LogP contribution in [0.5, 0.6) is 0 Å². The van der Waals surface area contributed by atoms with Crippen molar-refractivity contribution in [2.24, 2.45) is 11.8 Å². The van der Waals surface area contributed by atoms with E-state index in [0.29, 0.717) is 26.1 Å². The minimum Gasteiger partial charge on any atom is -0.354 e. The van der Waals surface area contributed by atoms with Crippen molar-refractivity contribution in [2.45, 2.75) is 39.0 Å². The van der Waals surface area contributed by atoms with Gasteiger partial charge in [0.2, 0.25) is 11.8 Å². The second kappa shape index (κ2) is 8.81. The number of nitrogens with zero attached hydrogens (tertiary/aromatic N) is 1. The second-order valence-electron chi connectivity index (χ2n) is 8.47. The molecule has 4 heteroatoms. The van der Waals surface area contributed by atoms with Crippen molar-refractivity contribution in [1.82, 2.24) is 10.2 Å². The monoisotopic (exact) mass is 390 g/mol. The summed E-state index contributed by atoms with van der Waals surface area (Å²) in [6.45, 7) is 3.82. The summed E-state index contributed by atoms with van der Waals surface area (Å²) in [6.07, 6.45) is 4.95. The predicted octanol–water partition coefficient (Wildman–Crippen LogP) is 3.97. The zero-order valence-corrected chi connectivity index (χ0v) is 17.2.